The molecule has 0 radical (unpaired) electrons. The maximum Gasteiger partial charge on any atom is 0.416 e. The number of nitriles is 1. The van der Waals surface area contributed by atoms with Gasteiger partial charge in [0.2, 0.25) is 0 Å². The lowest BCUT2D eigenvalue weighted by molar-refractivity contribution is -0.137. The summed E-state index contributed by atoms with van der Waals surface area (Å²) in [6.07, 6.45) is -2.84. The lowest BCUT2D eigenvalue weighted by Gasteiger charge is -2.20. The molecule has 1 N–H and O–H groups in total. The monoisotopic (exact) mass is 375 g/mol. The maximum atomic E-state index is 12.8. The summed E-state index contributed by atoms with van der Waals surface area (Å²) in [6.45, 7) is 0. The van der Waals surface area contributed by atoms with Gasteiger partial charge in [0.05, 0.1) is 5.56 Å². The Morgan fingerprint density at radius 3 is 2.41 bits per heavy atom. The number of amides is 2. The van der Waals surface area contributed by atoms with Gasteiger partial charge in [-0.3, -0.25) is 14.5 Å². The molecule has 0 aromatic heterocycles. The first kappa shape index (κ1) is 20.0. The number of nitrogens with one attached hydrogen (secondary N) is 1. The Morgan fingerprint density at radius 2 is 1.81 bits per heavy atom. The van der Waals surface area contributed by atoms with E-state index in [1.165, 1.54) is 13.1 Å². The molecule has 2 amide bonds. The number of hydrogen-bond donors (Lipinski definition) is 1. The van der Waals surface area contributed by atoms with Crippen molar-refractivity contribution in [2.24, 2.45) is 0 Å². The van der Waals surface area contributed by atoms with Crippen molar-refractivity contribution in [2.75, 3.05) is 7.05 Å². The number of rotatable bonds is 5. The molecule has 0 aliphatic carbocycles. The van der Waals surface area contributed by atoms with Crippen LogP contribution in [0.5, 0.6) is 0 Å². The van der Waals surface area contributed by atoms with Crippen molar-refractivity contribution in [3.8, 4) is 6.19 Å². The van der Waals surface area contributed by atoms with E-state index >= 15 is 0 Å². The van der Waals surface area contributed by atoms with Crippen molar-refractivity contribution in [3.05, 3.63) is 71.3 Å². The van der Waals surface area contributed by atoms with Crippen molar-refractivity contribution in [1.82, 2.24) is 10.2 Å². The van der Waals surface area contributed by atoms with Gasteiger partial charge in [0.1, 0.15) is 6.04 Å². The third-order valence-electron chi connectivity index (χ3n) is 3.82. The van der Waals surface area contributed by atoms with Crippen LogP contribution in [-0.2, 0) is 17.4 Å². The fraction of sp³-hybridized carbons (Fsp3) is 0.211. The molecule has 0 fully saturated rings. The van der Waals surface area contributed by atoms with Crippen molar-refractivity contribution in [3.63, 3.8) is 0 Å². The van der Waals surface area contributed by atoms with E-state index < -0.39 is 29.6 Å². The van der Waals surface area contributed by atoms with Crippen LogP contribution in [0.15, 0.2) is 54.6 Å². The first-order valence-corrected chi connectivity index (χ1v) is 7.91. The number of alkyl halides is 3. The zero-order chi connectivity index (χ0) is 20.0. The third kappa shape index (κ3) is 5.31. The standard InChI is InChI=1S/C19H16F3N3O2/c1-25(12-23)18(27)16(10-13-6-3-2-4-7-13)24-17(26)14-8-5-9-15(11-14)19(20,21)22/h2-9,11,16H,10H2,1H3,(H,24,26). The second-order valence-corrected chi connectivity index (χ2v) is 5.79. The quantitative estimate of drug-likeness (QED) is 0.645. The van der Waals surface area contributed by atoms with Crippen LogP contribution in [0, 0.1) is 11.5 Å². The predicted octanol–water partition coefficient (Wildman–Crippen LogP) is 2.99. The average molecular weight is 375 g/mol. The molecule has 2 rings (SSSR count). The number of likely N-dealkylation sites (N-methyl/N-ethyl adjacent to an activating group) is 1. The van der Waals surface area contributed by atoms with E-state index in [2.05, 4.69) is 5.32 Å². The number of benzene rings is 2. The average Bonchev–Trinajstić information content (AvgIpc) is 2.66. The van der Waals surface area contributed by atoms with Gasteiger partial charge in [0.25, 0.3) is 11.8 Å². The predicted molar refractivity (Wildman–Crippen MR) is 91.2 cm³/mol. The highest BCUT2D eigenvalue weighted by atomic mass is 19.4. The van der Waals surface area contributed by atoms with E-state index in [9.17, 15) is 22.8 Å². The molecule has 0 heterocycles. The molecule has 1 unspecified atom stereocenters. The third-order valence-corrected chi connectivity index (χ3v) is 3.82. The molecule has 0 spiro atoms. The van der Waals surface area contributed by atoms with E-state index in [1.54, 1.807) is 36.5 Å². The van der Waals surface area contributed by atoms with E-state index in [0.29, 0.717) is 6.07 Å². The summed E-state index contributed by atoms with van der Waals surface area (Å²) in [4.78, 5) is 25.6. The Labute approximate surface area is 154 Å². The minimum absolute atomic E-state index is 0.0936. The van der Waals surface area contributed by atoms with Gasteiger partial charge in [0.15, 0.2) is 6.19 Å². The van der Waals surface area contributed by atoms with Crippen molar-refractivity contribution in [2.45, 2.75) is 18.6 Å². The van der Waals surface area contributed by atoms with E-state index in [1.807, 2.05) is 0 Å². The Kier molecular flexibility index (Phi) is 6.19. The van der Waals surface area contributed by atoms with Gasteiger partial charge < -0.3 is 5.32 Å². The summed E-state index contributed by atoms with van der Waals surface area (Å²) in [5, 5.41) is 11.3. The number of carbonyl (C=O) groups excluding carboxylic acids is 2. The summed E-state index contributed by atoms with van der Waals surface area (Å²) in [5.41, 5.74) is -0.461. The minimum Gasteiger partial charge on any atom is -0.340 e. The molecular formula is C19H16F3N3O2. The lowest BCUT2D eigenvalue weighted by atomic mass is 10.0. The van der Waals surface area contributed by atoms with Crippen LogP contribution in [0.1, 0.15) is 21.5 Å². The highest BCUT2D eigenvalue weighted by Gasteiger charge is 2.31. The van der Waals surface area contributed by atoms with Gasteiger partial charge >= 0.3 is 6.18 Å². The highest BCUT2D eigenvalue weighted by Crippen LogP contribution is 2.29. The zero-order valence-corrected chi connectivity index (χ0v) is 14.3. The number of hydrogen-bond acceptors (Lipinski definition) is 3. The first-order chi connectivity index (χ1) is 12.7. The summed E-state index contributed by atoms with van der Waals surface area (Å²) < 4.78 is 38.5. The molecule has 0 aliphatic heterocycles. The fourth-order valence-corrected chi connectivity index (χ4v) is 2.41. The molecule has 5 nitrogen and oxygen atoms in total. The lowest BCUT2D eigenvalue weighted by Crippen LogP contribution is -2.47. The fourth-order valence-electron chi connectivity index (χ4n) is 2.41. The number of nitrogens with zero attached hydrogens (tertiary/aromatic N) is 2. The van der Waals surface area contributed by atoms with Crippen LogP contribution in [0.2, 0.25) is 0 Å². The van der Waals surface area contributed by atoms with E-state index in [-0.39, 0.29) is 12.0 Å². The van der Waals surface area contributed by atoms with Crippen LogP contribution in [0.4, 0.5) is 13.2 Å². The molecule has 8 heteroatoms. The Balaban J connectivity index is 2.25. The van der Waals surface area contributed by atoms with Crippen LogP contribution >= 0.6 is 0 Å². The molecule has 1 atom stereocenters. The second kappa shape index (κ2) is 8.36. The smallest absolute Gasteiger partial charge is 0.340 e. The summed E-state index contributed by atoms with van der Waals surface area (Å²) in [7, 11) is 1.25. The normalized spacial score (nSPS) is 12.0. The summed E-state index contributed by atoms with van der Waals surface area (Å²) in [5.74, 6) is -1.50. The summed E-state index contributed by atoms with van der Waals surface area (Å²) >= 11 is 0. The SMILES string of the molecule is CN(C#N)C(=O)C(Cc1ccccc1)NC(=O)c1cccc(C(F)(F)F)c1. The van der Waals surface area contributed by atoms with Gasteiger partial charge in [-0.05, 0) is 23.8 Å². The van der Waals surface area contributed by atoms with Crippen molar-refractivity contribution < 1.29 is 22.8 Å². The van der Waals surface area contributed by atoms with Crippen LogP contribution < -0.4 is 5.32 Å². The van der Waals surface area contributed by atoms with Crippen LogP contribution in [0.3, 0.4) is 0 Å². The Morgan fingerprint density at radius 1 is 1.15 bits per heavy atom. The van der Waals surface area contributed by atoms with Gasteiger partial charge in [-0.1, -0.05) is 36.4 Å². The second-order valence-electron chi connectivity index (χ2n) is 5.79. The minimum atomic E-state index is -4.59. The summed E-state index contributed by atoms with van der Waals surface area (Å²) in [6, 6.07) is 11.6. The van der Waals surface area contributed by atoms with Crippen molar-refractivity contribution in [1.29, 1.82) is 5.26 Å². The molecule has 2 aromatic rings. The van der Waals surface area contributed by atoms with Crippen LogP contribution in [0.25, 0.3) is 0 Å². The maximum absolute atomic E-state index is 12.8. The van der Waals surface area contributed by atoms with E-state index in [0.717, 1.165) is 22.6 Å². The molecular weight excluding hydrogens is 359 g/mol. The van der Waals surface area contributed by atoms with Gasteiger partial charge in [0, 0.05) is 19.0 Å². The molecule has 0 bridgehead atoms. The van der Waals surface area contributed by atoms with Gasteiger partial charge in [-0.15, -0.1) is 0 Å². The Bertz CT molecular complexity index is 860. The molecule has 27 heavy (non-hydrogen) atoms. The Hall–Kier alpha value is -3.34. The molecule has 2 aromatic carbocycles. The van der Waals surface area contributed by atoms with Crippen LogP contribution in [-0.4, -0.2) is 29.8 Å². The number of carbonyl (C=O) groups is 2. The van der Waals surface area contributed by atoms with Gasteiger partial charge in [-0.25, -0.2) is 0 Å². The molecule has 0 saturated carbocycles. The number of halogens is 3. The molecule has 140 valence electrons. The van der Waals surface area contributed by atoms with Gasteiger partial charge in [-0.2, -0.15) is 18.4 Å². The van der Waals surface area contributed by atoms with E-state index in [4.69, 9.17) is 5.26 Å². The molecule has 0 aliphatic rings. The largest absolute Gasteiger partial charge is 0.416 e. The van der Waals surface area contributed by atoms with Crippen molar-refractivity contribution >= 4 is 11.8 Å². The highest BCUT2D eigenvalue weighted by molar-refractivity contribution is 5.98. The first-order valence-electron chi connectivity index (χ1n) is 7.91. The zero-order valence-electron chi connectivity index (χ0n) is 14.3. The molecule has 0 saturated heterocycles. The topological polar surface area (TPSA) is 73.2 Å².